The monoisotopic (exact) mass is 447 g/mol. The summed E-state index contributed by atoms with van der Waals surface area (Å²) in [6, 6.07) is 17.0. The van der Waals surface area contributed by atoms with Crippen LogP contribution in [0.1, 0.15) is 19.3 Å². The maximum Gasteiger partial charge on any atom is 0.320 e. The van der Waals surface area contributed by atoms with E-state index < -0.39 is 5.91 Å². The molecule has 0 aliphatic heterocycles. The molecular formula is C24H25N5O4. The van der Waals surface area contributed by atoms with Gasteiger partial charge in [0.2, 0.25) is 5.91 Å². The number of nitrogens with one attached hydrogen (secondary N) is 4. The Balaban J connectivity index is 1.58. The van der Waals surface area contributed by atoms with Crippen LogP contribution in [0.25, 0.3) is 33.1 Å². The molecule has 9 heteroatoms. The number of carbonyl (C=O) groups is 2. The van der Waals surface area contributed by atoms with E-state index in [2.05, 4.69) is 15.6 Å². The highest BCUT2D eigenvalue weighted by Gasteiger charge is 2.15. The highest BCUT2D eigenvalue weighted by atomic mass is 16.5. The number of ether oxygens (including phenoxy) is 1. The molecule has 0 aliphatic carbocycles. The number of benzene rings is 2. The number of aromatic amines is 1. The lowest BCUT2D eigenvalue weighted by molar-refractivity contribution is -0.129. The summed E-state index contributed by atoms with van der Waals surface area (Å²) in [6.45, 7) is 0.394. The molecule has 2 aromatic carbocycles. The Kier molecular flexibility index (Phi) is 6.70. The molecule has 2 heterocycles. The van der Waals surface area contributed by atoms with Crippen molar-refractivity contribution in [3.05, 3.63) is 54.6 Å². The summed E-state index contributed by atoms with van der Waals surface area (Å²) in [6.07, 6.45) is 1.35. The average Bonchev–Trinajstić information content (AvgIpc) is 3.22. The van der Waals surface area contributed by atoms with Crippen LogP contribution in [0.2, 0.25) is 0 Å². The summed E-state index contributed by atoms with van der Waals surface area (Å²) in [5.74, 6) is 0.730. The van der Waals surface area contributed by atoms with Crippen molar-refractivity contribution in [1.82, 2.24) is 20.8 Å². The number of amides is 3. The van der Waals surface area contributed by atoms with Gasteiger partial charge in [-0.25, -0.2) is 15.3 Å². The van der Waals surface area contributed by atoms with Crippen molar-refractivity contribution in [3.8, 4) is 17.0 Å². The minimum absolute atomic E-state index is 0.198. The van der Waals surface area contributed by atoms with Gasteiger partial charge in [0.15, 0.2) is 0 Å². The lowest BCUT2D eigenvalue weighted by Crippen LogP contribution is -2.30. The van der Waals surface area contributed by atoms with E-state index in [0.29, 0.717) is 25.2 Å². The number of para-hydroxylation sites is 1. The fourth-order valence-electron chi connectivity index (χ4n) is 3.70. The fraction of sp³-hybridized carbons (Fsp3) is 0.208. The van der Waals surface area contributed by atoms with Crippen molar-refractivity contribution in [2.24, 2.45) is 0 Å². The zero-order chi connectivity index (χ0) is 23.2. The van der Waals surface area contributed by atoms with Crippen LogP contribution < -0.4 is 20.9 Å². The largest absolute Gasteiger partial charge is 0.497 e. The first-order valence-electron chi connectivity index (χ1n) is 10.6. The number of rotatable bonds is 8. The molecule has 0 unspecified atom stereocenters. The number of pyridine rings is 1. The van der Waals surface area contributed by atoms with Crippen molar-refractivity contribution in [2.45, 2.75) is 19.3 Å². The third kappa shape index (κ3) is 5.04. The van der Waals surface area contributed by atoms with Gasteiger partial charge in [0.05, 0.1) is 18.3 Å². The zero-order valence-corrected chi connectivity index (χ0v) is 18.1. The van der Waals surface area contributed by atoms with E-state index in [0.717, 1.165) is 38.8 Å². The van der Waals surface area contributed by atoms with E-state index in [1.165, 1.54) is 0 Å². The Hall–Kier alpha value is -4.11. The number of carbonyl (C=O) groups excluding carboxylic acids is 2. The van der Waals surface area contributed by atoms with Crippen LogP contribution in [0.15, 0.2) is 54.6 Å². The molecule has 9 nitrogen and oxygen atoms in total. The number of hydrogen-bond acceptors (Lipinski definition) is 5. The molecule has 0 saturated heterocycles. The summed E-state index contributed by atoms with van der Waals surface area (Å²) in [5.41, 5.74) is 5.07. The molecule has 170 valence electrons. The zero-order valence-electron chi connectivity index (χ0n) is 18.1. The number of H-pyrrole nitrogens is 1. The molecule has 0 aliphatic rings. The number of fused-ring (bicyclic) bond motifs is 3. The van der Waals surface area contributed by atoms with Gasteiger partial charge in [0, 0.05) is 34.8 Å². The van der Waals surface area contributed by atoms with E-state index in [1.807, 2.05) is 54.6 Å². The summed E-state index contributed by atoms with van der Waals surface area (Å²) in [4.78, 5) is 31.6. The molecule has 0 bridgehead atoms. The second kappa shape index (κ2) is 10.0. The predicted octanol–water partition coefficient (Wildman–Crippen LogP) is 4.19. The van der Waals surface area contributed by atoms with Crippen LogP contribution in [-0.4, -0.2) is 40.8 Å². The molecule has 0 atom stereocenters. The minimum Gasteiger partial charge on any atom is -0.497 e. The highest BCUT2D eigenvalue weighted by molar-refractivity contribution is 6.12. The second-order valence-corrected chi connectivity index (χ2v) is 7.55. The van der Waals surface area contributed by atoms with Crippen molar-refractivity contribution in [1.29, 1.82) is 0 Å². The Morgan fingerprint density at radius 3 is 2.61 bits per heavy atom. The number of urea groups is 1. The first kappa shape index (κ1) is 22.1. The van der Waals surface area contributed by atoms with Crippen LogP contribution >= 0.6 is 0 Å². The molecule has 0 radical (unpaired) electrons. The first-order chi connectivity index (χ1) is 16.1. The van der Waals surface area contributed by atoms with E-state index >= 15 is 0 Å². The average molecular weight is 447 g/mol. The van der Waals surface area contributed by atoms with Gasteiger partial charge in [0.25, 0.3) is 0 Å². The molecule has 4 rings (SSSR count). The second-order valence-electron chi connectivity index (χ2n) is 7.55. The summed E-state index contributed by atoms with van der Waals surface area (Å²) in [5, 5.41) is 16.1. The molecule has 0 saturated carbocycles. The molecular weight excluding hydrogens is 422 g/mol. The molecule has 5 N–H and O–H groups in total. The molecule has 0 spiro atoms. The predicted molar refractivity (Wildman–Crippen MR) is 126 cm³/mol. The molecule has 33 heavy (non-hydrogen) atoms. The van der Waals surface area contributed by atoms with Crippen LogP contribution in [0, 0.1) is 0 Å². The number of nitrogens with zero attached hydrogens (tertiary/aromatic N) is 1. The Morgan fingerprint density at radius 2 is 1.85 bits per heavy atom. The highest BCUT2D eigenvalue weighted by Crippen LogP contribution is 2.34. The summed E-state index contributed by atoms with van der Waals surface area (Å²) < 4.78 is 5.26. The van der Waals surface area contributed by atoms with Crippen molar-refractivity contribution in [3.63, 3.8) is 0 Å². The van der Waals surface area contributed by atoms with Gasteiger partial charge in [-0.15, -0.1) is 0 Å². The topological polar surface area (TPSA) is 128 Å². The normalized spacial score (nSPS) is 10.8. The summed E-state index contributed by atoms with van der Waals surface area (Å²) in [7, 11) is 1.62. The summed E-state index contributed by atoms with van der Waals surface area (Å²) >= 11 is 0. The van der Waals surface area contributed by atoms with Crippen LogP contribution in [0.4, 0.5) is 10.6 Å². The maximum absolute atomic E-state index is 12.4. The third-order valence-electron chi connectivity index (χ3n) is 5.34. The van der Waals surface area contributed by atoms with Crippen LogP contribution in [-0.2, 0) is 4.79 Å². The van der Waals surface area contributed by atoms with Crippen molar-refractivity contribution >= 4 is 39.6 Å². The Bertz CT molecular complexity index is 1280. The minimum atomic E-state index is -0.443. The van der Waals surface area contributed by atoms with Gasteiger partial charge in [-0.3, -0.25) is 15.3 Å². The number of anilines is 1. The van der Waals surface area contributed by atoms with Gasteiger partial charge in [-0.05, 0) is 49.2 Å². The lowest BCUT2D eigenvalue weighted by Gasteiger charge is -2.10. The number of hydroxylamine groups is 1. The Morgan fingerprint density at radius 1 is 1.06 bits per heavy atom. The molecule has 0 fully saturated rings. The third-order valence-corrected chi connectivity index (χ3v) is 5.34. The first-order valence-corrected chi connectivity index (χ1v) is 10.6. The molecule has 4 aromatic rings. The molecule has 3 amide bonds. The number of methoxy groups -OCH3 is 1. The number of unbranched alkanes of at least 4 members (excludes halogenated alkanes) is 1. The maximum atomic E-state index is 12.4. The van der Waals surface area contributed by atoms with E-state index in [4.69, 9.17) is 14.9 Å². The SMILES string of the molecule is COc1ccc(-c2nc(NC(=O)NCCCCC(=O)NO)cc3c2[nH]c2ccccc23)cc1. The number of aromatic nitrogens is 2. The van der Waals surface area contributed by atoms with Gasteiger partial charge < -0.3 is 15.0 Å². The smallest absolute Gasteiger partial charge is 0.320 e. The van der Waals surface area contributed by atoms with Gasteiger partial charge in [-0.1, -0.05) is 18.2 Å². The van der Waals surface area contributed by atoms with Gasteiger partial charge >= 0.3 is 6.03 Å². The van der Waals surface area contributed by atoms with Crippen LogP contribution in [0.5, 0.6) is 5.75 Å². The van der Waals surface area contributed by atoms with Crippen LogP contribution in [0.3, 0.4) is 0 Å². The van der Waals surface area contributed by atoms with Crippen molar-refractivity contribution < 1.29 is 19.5 Å². The fourth-order valence-corrected chi connectivity index (χ4v) is 3.70. The lowest BCUT2D eigenvalue weighted by atomic mass is 10.1. The van der Waals surface area contributed by atoms with E-state index in [1.54, 1.807) is 12.6 Å². The van der Waals surface area contributed by atoms with E-state index in [-0.39, 0.29) is 12.5 Å². The Labute approximate surface area is 190 Å². The number of hydrogen-bond donors (Lipinski definition) is 5. The van der Waals surface area contributed by atoms with E-state index in [9.17, 15) is 9.59 Å². The standard InChI is InChI=1S/C24H25N5O4/c1-33-16-11-9-15(10-12-16)22-23-18(17-6-2-3-7-19(17)26-23)14-20(27-22)28-24(31)25-13-5-4-8-21(30)29-32/h2-3,6-7,9-12,14,26,32H,4-5,8,13H2,1H3,(H,29,30)(H2,25,27,28,31). The quantitative estimate of drug-likeness (QED) is 0.157. The van der Waals surface area contributed by atoms with Gasteiger partial charge in [0.1, 0.15) is 11.6 Å². The van der Waals surface area contributed by atoms with Gasteiger partial charge in [-0.2, -0.15) is 0 Å². The van der Waals surface area contributed by atoms with Crippen molar-refractivity contribution in [2.75, 3.05) is 19.0 Å². The molecule has 2 aromatic heterocycles.